The third kappa shape index (κ3) is 3.21. The van der Waals surface area contributed by atoms with Gasteiger partial charge in [0.1, 0.15) is 22.7 Å². The first kappa shape index (κ1) is 17.3. The van der Waals surface area contributed by atoms with Gasteiger partial charge in [0.25, 0.3) is 0 Å². The molecule has 0 bridgehead atoms. The lowest BCUT2D eigenvalue weighted by Crippen LogP contribution is -2.37. The fraction of sp³-hybridized carbons (Fsp3) is 0.389. The van der Waals surface area contributed by atoms with E-state index in [0.717, 1.165) is 24.3 Å². The van der Waals surface area contributed by atoms with Crippen LogP contribution in [0, 0.1) is 0 Å². The van der Waals surface area contributed by atoms with Crippen molar-refractivity contribution in [2.24, 2.45) is 0 Å². The fourth-order valence-corrected chi connectivity index (χ4v) is 2.97. The Hall–Kier alpha value is -3.07. The minimum atomic E-state index is 0.0628. The number of hydrogen-bond donors (Lipinski definition) is 1. The molecule has 0 aromatic carbocycles. The molecule has 140 valence electrons. The molecule has 0 aliphatic carbocycles. The summed E-state index contributed by atoms with van der Waals surface area (Å²) in [7, 11) is 0. The smallest absolute Gasteiger partial charge is 0.228 e. The monoisotopic (exact) mass is 366 g/mol. The van der Waals surface area contributed by atoms with E-state index in [1.165, 1.54) is 6.20 Å². The predicted octanol–water partition coefficient (Wildman–Crippen LogP) is 1.84. The molecule has 3 aromatic rings. The number of nitrogen functional groups attached to an aromatic ring is 1. The molecule has 1 atom stereocenters. The lowest BCUT2D eigenvalue weighted by molar-refractivity contribution is 0.122. The zero-order chi connectivity index (χ0) is 19.0. The van der Waals surface area contributed by atoms with Gasteiger partial charge in [-0.25, -0.2) is 19.9 Å². The van der Waals surface area contributed by atoms with Crippen molar-refractivity contribution in [3.63, 3.8) is 0 Å². The third-order valence-corrected chi connectivity index (χ3v) is 4.75. The summed E-state index contributed by atoms with van der Waals surface area (Å²) in [5.74, 6) is 0.994. The summed E-state index contributed by atoms with van der Waals surface area (Å²) in [6, 6.07) is 0.0628. The Kier molecular flexibility index (Phi) is 4.44. The Morgan fingerprint density at radius 1 is 1.19 bits per heavy atom. The summed E-state index contributed by atoms with van der Waals surface area (Å²) in [6.07, 6.45) is 4.91. The zero-order valence-corrected chi connectivity index (χ0v) is 15.5. The number of hydrogen-bond acceptors (Lipinski definition) is 8. The number of allylic oxidation sites excluding steroid dienone is 1. The van der Waals surface area contributed by atoms with E-state index >= 15 is 0 Å². The minimum absolute atomic E-state index is 0.0628. The van der Waals surface area contributed by atoms with Gasteiger partial charge in [0.2, 0.25) is 5.95 Å². The van der Waals surface area contributed by atoms with Crippen LogP contribution in [0.4, 0.5) is 11.8 Å². The molecule has 1 aliphatic heterocycles. The van der Waals surface area contributed by atoms with E-state index in [4.69, 9.17) is 20.4 Å². The van der Waals surface area contributed by atoms with Gasteiger partial charge in [-0.1, -0.05) is 12.2 Å². The van der Waals surface area contributed by atoms with Crippen LogP contribution < -0.4 is 10.6 Å². The molecule has 27 heavy (non-hydrogen) atoms. The molecule has 0 radical (unpaired) electrons. The second kappa shape index (κ2) is 6.92. The SMILES string of the molecule is C=C(C)C(C)n1cnc2c(-c3cnc(N)cn3)nc(N3CCOCC3)nc21. The molecule has 0 spiro atoms. The number of aromatic nitrogens is 6. The lowest BCUT2D eigenvalue weighted by atomic mass is 10.2. The highest BCUT2D eigenvalue weighted by Crippen LogP contribution is 2.29. The third-order valence-electron chi connectivity index (χ3n) is 4.75. The van der Waals surface area contributed by atoms with Gasteiger partial charge in [0, 0.05) is 13.1 Å². The van der Waals surface area contributed by atoms with Crippen LogP contribution in [-0.4, -0.2) is 55.8 Å². The highest BCUT2D eigenvalue weighted by Gasteiger charge is 2.22. The number of nitrogens with zero attached hydrogens (tertiary/aromatic N) is 7. The highest BCUT2D eigenvalue weighted by atomic mass is 16.5. The van der Waals surface area contributed by atoms with Crippen LogP contribution >= 0.6 is 0 Å². The van der Waals surface area contributed by atoms with Gasteiger partial charge in [-0.2, -0.15) is 4.98 Å². The summed E-state index contributed by atoms with van der Waals surface area (Å²) in [5, 5.41) is 0. The number of anilines is 2. The Balaban J connectivity index is 1.91. The maximum atomic E-state index is 5.68. The molecule has 9 heteroatoms. The summed E-state index contributed by atoms with van der Waals surface area (Å²) in [4.78, 5) is 24.8. The number of morpholine rings is 1. The van der Waals surface area contributed by atoms with Crippen LogP contribution in [0.15, 0.2) is 30.9 Å². The van der Waals surface area contributed by atoms with Gasteiger partial charge >= 0.3 is 0 Å². The van der Waals surface area contributed by atoms with Crippen molar-refractivity contribution in [3.8, 4) is 11.4 Å². The number of ether oxygens (including phenoxy) is 1. The largest absolute Gasteiger partial charge is 0.382 e. The Morgan fingerprint density at radius 3 is 2.63 bits per heavy atom. The molecular formula is C18H22N8O. The summed E-state index contributed by atoms with van der Waals surface area (Å²) >= 11 is 0. The Bertz CT molecular complexity index is 975. The maximum absolute atomic E-state index is 5.68. The summed E-state index contributed by atoms with van der Waals surface area (Å²) in [6.45, 7) is 10.9. The van der Waals surface area contributed by atoms with Crippen LogP contribution in [0.1, 0.15) is 19.9 Å². The molecule has 1 fully saturated rings. The second-order valence-electron chi connectivity index (χ2n) is 6.64. The van der Waals surface area contributed by atoms with Crippen molar-refractivity contribution < 1.29 is 4.74 Å². The normalized spacial score (nSPS) is 15.9. The zero-order valence-electron chi connectivity index (χ0n) is 15.5. The Labute approximate surface area is 156 Å². The molecule has 0 amide bonds. The summed E-state index contributed by atoms with van der Waals surface area (Å²) in [5.41, 5.74) is 9.38. The van der Waals surface area contributed by atoms with Crippen LogP contribution in [-0.2, 0) is 4.74 Å². The first-order valence-electron chi connectivity index (χ1n) is 8.85. The highest BCUT2D eigenvalue weighted by molar-refractivity contribution is 5.87. The molecule has 1 saturated heterocycles. The number of nitrogens with two attached hydrogens (primary N) is 1. The van der Waals surface area contributed by atoms with Crippen molar-refractivity contribution >= 4 is 22.9 Å². The first-order chi connectivity index (χ1) is 13.0. The van der Waals surface area contributed by atoms with Gasteiger partial charge in [-0.15, -0.1) is 0 Å². The average Bonchev–Trinajstić information content (AvgIpc) is 3.12. The second-order valence-corrected chi connectivity index (χ2v) is 6.64. The molecule has 2 N–H and O–H groups in total. The van der Waals surface area contributed by atoms with E-state index in [1.54, 1.807) is 12.5 Å². The molecule has 1 unspecified atom stereocenters. The van der Waals surface area contributed by atoms with Gasteiger partial charge in [0.05, 0.1) is 38.0 Å². The van der Waals surface area contributed by atoms with E-state index in [-0.39, 0.29) is 6.04 Å². The van der Waals surface area contributed by atoms with E-state index in [0.29, 0.717) is 41.9 Å². The minimum Gasteiger partial charge on any atom is -0.382 e. The van der Waals surface area contributed by atoms with Crippen molar-refractivity contribution in [3.05, 3.63) is 30.9 Å². The predicted molar refractivity (Wildman–Crippen MR) is 103 cm³/mol. The van der Waals surface area contributed by atoms with Crippen molar-refractivity contribution in [2.45, 2.75) is 19.9 Å². The van der Waals surface area contributed by atoms with E-state index in [9.17, 15) is 0 Å². The quantitative estimate of drug-likeness (QED) is 0.697. The van der Waals surface area contributed by atoms with Crippen molar-refractivity contribution in [2.75, 3.05) is 36.9 Å². The number of rotatable bonds is 4. The van der Waals surface area contributed by atoms with Gasteiger partial charge in [-0.05, 0) is 13.8 Å². The number of fused-ring (bicyclic) bond motifs is 1. The van der Waals surface area contributed by atoms with Crippen molar-refractivity contribution in [1.29, 1.82) is 0 Å². The molecule has 9 nitrogen and oxygen atoms in total. The van der Waals surface area contributed by atoms with Crippen LogP contribution in [0.3, 0.4) is 0 Å². The van der Waals surface area contributed by atoms with E-state index in [1.807, 2.05) is 11.5 Å². The molecular weight excluding hydrogens is 344 g/mol. The molecule has 3 aromatic heterocycles. The summed E-state index contributed by atoms with van der Waals surface area (Å²) < 4.78 is 7.46. The molecule has 1 aliphatic rings. The topological polar surface area (TPSA) is 108 Å². The molecule has 0 saturated carbocycles. The number of imidazole rings is 1. The maximum Gasteiger partial charge on any atom is 0.228 e. The van der Waals surface area contributed by atoms with E-state index < -0.39 is 0 Å². The Morgan fingerprint density at radius 2 is 1.96 bits per heavy atom. The average molecular weight is 366 g/mol. The van der Waals surface area contributed by atoms with Crippen LogP contribution in [0.25, 0.3) is 22.6 Å². The lowest BCUT2D eigenvalue weighted by Gasteiger charge is -2.27. The van der Waals surface area contributed by atoms with Crippen LogP contribution in [0.5, 0.6) is 0 Å². The van der Waals surface area contributed by atoms with E-state index in [2.05, 4.69) is 33.4 Å². The van der Waals surface area contributed by atoms with Gasteiger partial charge in [-0.3, -0.25) is 0 Å². The van der Waals surface area contributed by atoms with Gasteiger partial charge < -0.3 is 19.9 Å². The van der Waals surface area contributed by atoms with Gasteiger partial charge in [0.15, 0.2) is 5.65 Å². The molecule has 4 heterocycles. The van der Waals surface area contributed by atoms with Crippen LogP contribution in [0.2, 0.25) is 0 Å². The van der Waals surface area contributed by atoms with Crippen molar-refractivity contribution in [1.82, 2.24) is 29.5 Å². The fourth-order valence-electron chi connectivity index (χ4n) is 2.97. The standard InChI is InChI=1S/C18H22N8O/c1-11(2)12(3)26-10-22-16-15(13-8-21-14(19)9-20-13)23-18(24-17(16)26)25-4-6-27-7-5-25/h8-10,12H,1,4-7H2,2-3H3,(H2,19,21). The first-order valence-corrected chi connectivity index (χ1v) is 8.85. The molecule has 4 rings (SSSR count).